The van der Waals surface area contributed by atoms with Crippen molar-refractivity contribution < 1.29 is 4.43 Å². The molecule has 4 heteroatoms. The molecular formula is C23H52N2OSi. The summed E-state index contributed by atoms with van der Waals surface area (Å²) in [7, 11) is 8.37. The van der Waals surface area contributed by atoms with Crippen molar-refractivity contribution in [3.05, 3.63) is 0 Å². The smallest absolute Gasteiger partial charge is 0.162 e. The van der Waals surface area contributed by atoms with Crippen molar-refractivity contribution in [2.75, 3.05) is 47.9 Å². The summed E-state index contributed by atoms with van der Waals surface area (Å²) in [6.07, 6.45) is 13.6. The van der Waals surface area contributed by atoms with E-state index in [0.717, 1.165) is 12.5 Å². The zero-order valence-corrected chi connectivity index (χ0v) is 21.4. The van der Waals surface area contributed by atoms with Crippen molar-refractivity contribution in [3.63, 3.8) is 0 Å². The first kappa shape index (κ1) is 27.1. The molecule has 27 heavy (non-hydrogen) atoms. The normalized spacial score (nSPS) is 14.1. The molecule has 164 valence electrons. The van der Waals surface area contributed by atoms with E-state index in [4.69, 9.17) is 4.43 Å². The molecule has 0 aromatic rings. The van der Waals surface area contributed by atoms with Gasteiger partial charge < -0.3 is 14.2 Å². The van der Waals surface area contributed by atoms with E-state index in [9.17, 15) is 0 Å². The van der Waals surface area contributed by atoms with E-state index in [1.165, 1.54) is 83.3 Å². The van der Waals surface area contributed by atoms with E-state index in [1.54, 1.807) is 0 Å². The lowest BCUT2D eigenvalue weighted by molar-refractivity contribution is 0.205. The zero-order valence-electron chi connectivity index (χ0n) is 20.0. The van der Waals surface area contributed by atoms with Gasteiger partial charge in [0.2, 0.25) is 0 Å². The second-order valence-electron chi connectivity index (χ2n) is 9.45. The molecule has 0 aliphatic rings. The molecule has 0 saturated heterocycles. The van der Waals surface area contributed by atoms with Crippen molar-refractivity contribution in [1.29, 1.82) is 0 Å². The molecule has 0 aliphatic carbocycles. The Morgan fingerprint density at radius 1 is 0.852 bits per heavy atom. The number of hydrogen-bond donors (Lipinski definition) is 0. The average Bonchev–Trinajstić information content (AvgIpc) is 2.61. The van der Waals surface area contributed by atoms with Crippen molar-refractivity contribution in [2.45, 2.75) is 91.0 Å². The Morgan fingerprint density at radius 3 is 1.93 bits per heavy atom. The summed E-state index contributed by atoms with van der Waals surface area (Å²) in [4.78, 5) is 4.66. The Balaban J connectivity index is 4.30. The van der Waals surface area contributed by atoms with Crippen LogP contribution < -0.4 is 0 Å². The minimum atomic E-state index is -0.401. The first-order valence-corrected chi connectivity index (χ1v) is 13.3. The minimum Gasteiger partial charge on any atom is -0.424 e. The van der Waals surface area contributed by atoms with Gasteiger partial charge in [0.1, 0.15) is 0 Å². The molecule has 0 heterocycles. The fraction of sp³-hybridized carbons (Fsp3) is 1.00. The molecule has 0 aliphatic heterocycles. The van der Waals surface area contributed by atoms with Crippen LogP contribution in [-0.2, 0) is 4.43 Å². The molecule has 0 aromatic carbocycles. The monoisotopic (exact) mass is 400 g/mol. The van der Waals surface area contributed by atoms with Gasteiger partial charge in [-0.15, -0.1) is 0 Å². The molecular weight excluding hydrogens is 348 g/mol. The maximum Gasteiger partial charge on any atom is 0.162 e. The Kier molecular flexibility index (Phi) is 17.1. The summed E-state index contributed by atoms with van der Waals surface area (Å²) in [5.74, 6) is 0.743. The molecule has 0 amide bonds. The van der Waals surface area contributed by atoms with Crippen molar-refractivity contribution in [3.8, 4) is 0 Å². The predicted octanol–water partition coefficient (Wildman–Crippen LogP) is 5.19. The zero-order chi connectivity index (χ0) is 20.5. The third-order valence-corrected chi connectivity index (χ3v) is 7.89. The van der Waals surface area contributed by atoms with E-state index < -0.39 is 9.76 Å². The van der Waals surface area contributed by atoms with Crippen LogP contribution in [0, 0.1) is 11.3 Å². The molecule has 0 fully saturated rings. The van der Waals surface area contributed by atoms with Gasteiger partial charge in [0, 0.05) is 6.61 Å². The number of nitrogens with zero attached hydrogens (tertiary/aromatic N) is 2. The molecule has 3 nitrogen and oxygen atoms in total. The highest BCUT2D eigenvalue weighted by Gasteiger charge is 2.27. The van der Waals surface area contributed by atoms with Crippen molar-refractivity contribution in [1.82, 2.24) is 9.80 Å². The quantitative estimate of drug-likeness (QED) is 0.219. The van der Waals surface area contributed by atoms with Gasteiger partial charge in [0.05, 0.1) is 0 Å². The van der Waals surface area contributed by atoms with E-state index >= 15 is 0 Å². The van der Waals surface area contributed by atoms with E-state index in [0.29, 0.717) is 5.41 Å². The maximum atomic E-state index is 6.28. The second kappa shape index (κ2) is 17.0. The third-order valence-electron chi connectivity index (χ3n) is 6.10. The average molecular weight is 401 g/mol. The molecule has 0 aromatic heterocycles. The SMILES string of the molecule is CCCCCCC(C)CO[SiH2]CC(CC)(CCCN(C)C)CCCN(C)C. The molecule has 0 bridgehead atoms. The largest absolute Gasteiger partial charge is 0.424 e. The molecule has 0 rings (SSSR count). The van der Waals surface area contributed by atoms with Gasteiger partial charge in [-0.2, -0.15) is 0 Å². The summed E-state index contributed by atoms with van der Waals surface area (Å²) >= 11 is 0. The number of rotatable bonds is 19. The topological polar surface area (TPSA) is 15.7 Å². The van der Waals surface area contributed by atoms with Crippen LogP contribution in [0.25, 0.3) is 0 Å². The van der Waals surface area contributed by atoms with Gasteiger partial charge in [-0.05, 0) is 90.8 Å². The van der Waals surface area contributed by atoms with E-state index in [-0.39, 0.29) is 0 Å². The number of unbranched alkanes of at least 4 members (excludes halogenated alkanes) is 3. The Labute approximate surface area is 174 Å². The summed E-state index contributed by atoms with van der Waals surface area (Å²) < 4.78 is 6.28. The number of hydrogen-bond acceptors (Lipinski definition) is 3. The maximum absolute atomic E-state index is 6.28. The third kappa shape index (κ3) is 15.7. The molecule has 0 saturated carbocycles. The standard InChI is InChI=1S/C23H52N2OSi/c1-8-10-11-12-15-22(3)20-26-27-21-23(9-2,16-13-18-24(4)5)17-14-19-25(6)7/h22H,8-21,27H2,1-7H3. The highest BCUT2D eigenvalue weighted by atomic mass is 28.2. The van der Waals surface area contributed by atoms with Gasteiger partial charge >= 0.3 is 0 Å². The van der Waals surface area contributed by atoms with Gasteiger partial charge in [-0.1, -0.05) is 52.9 Å². The highest BCUT2D eigenvalue weighted by Crippen LogP contribution is 2.38. The molecule has 1 unspecified atom stereocenters. The fourth-order valence-corrected chi connectivity index (χ4v) is 6.02. The lowest BCUT2D eigenvalue weighted by atomic mass is 9.78. The summed E-state index contributed by atoms with van der Waals surface area (Å²) in [5.41, 5.74) is 0.530. The summed E-state index contributed by atoms with van der Waals surface area (Å²) in [6.45, 7) is 10.5. The minimum absolute atomic E-state index is 0.401. The van der Waals surface area contributed by atoms with Crippen LogP contribution in [0.5, 0.6) is 0 Å². The molecule has 1 atom stereocenters. The van der Waals surface area contributed by atoms with Gasteiger partial charge in [0.15, 0.2) is 9.76 Å². The Hall–Kier alpha value is 0.0969. The summed E-state index contributed by atoms with van der Waals surface area (Å²) in [6, 6.07) is 1.37. The van der Waals surface area contributed by atoms with Gasteiger partial charge in [-0.3, -0.25) is 0 Å². The van der Waals surface area contributed by atoms with Crippen LogP contribution in [0.3, 0.4) is 0 Å². The Bertz CT molecular complexity index is 310. The van der Waals surface area contributed by atoms with Crippen LogP contribution in [0.1, 0.15) is 85.0 Å². The van der Waals surface area contributed by atoms with E-state index in [2.05, 4.69) is 58.8 Å². The van der Waals surface area contributed by atoms with Gasteiger partial charge in [-0.25, -0.2) is 0 Å². The highest BCUT2D eigenvalue weighted by molar-refractivity contribution is 6.27. The van der Waals surface area contributed by atoms with Crippen molar-refractivity contribution in [2.24, 2.45) is 11.3 Å². The predicted molar refractivity (Wildman–Crippen MR) is 126 cm³/mol. The van der Waals surface area contributed by atoms with Crippen molar-refractivity contribution >= 4 is 9.76 Å². The first-order valence-electron chi connectivity index (χ1n) is 11.7. The first-order chi connectivity index (χ1) is 12.8. The van der Waals surface area contributed by atoms with Crippen LogP contribution >= 0.6 is 0 Å². The van der Waals surface area contributed by atoms with E-state index in [1.807, 2.05) is 0 Å². The molecule has 0 spiro atoms. The van der Waals surface area contributed by atoms with Crippen LogP contribution in [-0.4, -0.2) is 67.5 Å². The Morgan fingerprint density at radius 2 is 1.44 bits per heavy atom. The molecule has 0 radical (unpaired) electrons. The molecule has 0 N–H and O–H groups in total. The van der Waals surface area contributed by atoms with Crippen LogP contribution in [0.15, 0.2) is 0 Å². The fourth-order valence-electron chi connectivity index (χ4n) is 4.02. The van der Waals surface area contributed by atoms with Gasteiger partial charge in [0.25, 0.3) is 0 Å². The second-order valence-corrected chi connectivity index (χ2v) is 10.8. The summed E-state index contributed by atoms with van der Waals surface area (Å²) in [5, 5.41) is 0. The lowest BCUT2D eigenvalue weighted by Gasteiger charge is -2.34. The van der Waals surface area contributed by atoms with Crippen LogP contribution in [0.4, 0.5) is 0 Å². The lowest BCUT2D eigenvalue weighted by Crippen LogP contribution is -2.27. The van der Waals surface area contributed by atoms with Crippen LogP contribution in [0.2, 0.25) is 6.04 Å².